The molecule has 8 heteroatoms. The van der Waals surface area contributed by atoms with Gasteiger partial charge in [0.15, 0.2) is 12.6 Å². The molecule has 3 rings (SSSR count). The Bertz CT molecular complexity index is 857. The molecule has 0 saturated heterocycles. The van der Waals surface area contributed by atoms with Crippen LogP contribution < -0.4 is 20.7 Å². The van der Waals surface area contributed by atoms with Crippen molar-refractivity contribution in [1.82, 2.24) is 16.0 Å². The third-order valence-electron chi connectivity index (χ3n) is 4.65. The molecule has 0 spiro atoms. The first-order valence-corrected chi connectivity index (χ1v) is 10.4. The Hall–Kier alpha value is -2.36. The van der Waals surface area contributed by atoms with Crippen molar-refractivity contribution in [1.29, 1.82) is 0 Å². The predicted molar refractivity (Wildman–Crippen MR) is 131 cm³/mol. The van der Waals surface area contributed by atoms with Crippen LogP contribution in [0.2, 0.25) is 0 Å². The maximum atomic E-state index is 13.7. The molecule has 1 amide bonds. The minimum absolute atomic E-state index is 0. The molecule has 1 fully saturated rings. The van der Waals surface area contributed by atoms with Crippen molar-refractivity contribution in [3.05, 3.63) is 65.5 Å². The summed E-state index contributed by atoms with van der Waals surface area (Å²) in [5.41, 5.74) is 1.71. The molecule has 0 aromatic heterocycles. The van der Waals surface area contributed by atoms with Crippen LogP contribution in [0.1, 0.15) is 30.9 Å². The Morgan fingerprint density at radius 2 is 1.87 bits per heavy atom. The Labute approximate surface area is 200 Å². The number of halogens is 2. The SMILES string of the molecule is CCNC(=NCc1ccccc1F)NCCc1ccc(OCC(=O)NC2CC2)cc1.I. The molecule has 0 aliphatic heterocycles. The number of guanidine groups is 1. The van der Waals surface area contributed by atoms with Gasteiger partial charge >= 0.3 is 0 Å². The van der Waals surface area contributed by atoms with Crippen LogP contribution in [0.5, 0.6) is 5.75 Å². The van der Waals surface area contributed by atoms with Gasteiger partial charge in [-0.3, -0.25) is 4.79 Å². The number of nitrogens with one attached hydrogen (secondary N) is 3. The van der Waals surface area contributed by atoms with Gasteiger partial charge in [-0.05, 0) is 49.9 Å². The van der Waals surface area contributed by atoms with Gasteiger partial charge in [0, 0.05) is 24.7 Å². The van der Waals surface area contributed by atoms with Crippen LogP contribution >= 0.6 is 24.0 Å². The van der Waals surface area contributed by atoms with Crippen LogP contribution in [0.4, 0.5) is 4.39 Å². The van der Waals surface area contributed by atoms with Gasteiger partial charge in [0.2, 0.25) is 0 Å². The van der Waals surface area contributed by atoms with Gasteiger partial charge in [0.1, 0.15) is 11.6 Å². The van der Waals surface area contributed by atoms with Gasteiger partial charge < -0.3 is 20.7 Å². The lowest BCUT2D eigenvalue weighted by Crippen LogP contribution is -2.38. The van der Waals surface area contributed by atoms with Gasteiger partial charge in [-0.2, -0.15) is 0 Å². The predicted octanol–water partition coefficient (Wildman–Crippen LogP) is 3.40. The van der Waals surface area contributed by atoms with E-state index in [2.05, 4.69) is 20.9 Å². The highest BCUT2D eigenvalue weighted by atomic mass is 127. The molecular formula is C23H30FIN4O2. The van der Waals surface area contributed by atoms with Crippen molar-refractivity contribution in [2.45, 2.75) is 38.8 Å². The Morgan fingerprint density at radius 1 is 1.13 bits per heavy atom. The van der Waals surface area contributed by atoms with Crippen LogP contribution in [-0.4, -0.2) is 37.6 Å². The van der Waals surface area contributed by atoms with Gasteiger partial charge in [-0.15, -0.1) is 24.0 Å². The zero-order valence-corrected chi connectivity index (χ0v) is 20.0. The van der Waals surface area contributed by atoms with Crippen molar-refractivity contribution in [3.63, 3.8) is 0 Å². The van der Waals surface area contributed by atoms with Gasteiger partial charge in [-0.25, -0.2) is 9.38 Å². The van der Waals surface area contributed by atoms with E-state index in [4.69, 9.17) is 4.74 Å². The fourth-order valence-electron chi connectivity index (χ4n) is 2.86. The van der Waals surface area contributed by atoms with Crippen molar-refractivity contribution in [2.75, 3.05) is 19.7 Å². The summed E-state index contributed by atoms with van der Waals surface area (Å²) in [7, 11) is 0. The highest BCUT2D eigenvalue weighted by molar-refractivity contribution is 14.0. The third-order valence-corrected chi connectivity index (χ3v) is 4.65. The molecule has 3 N–H and O–H groups in total. The standard InChI is InChI=1S/C23H29FN4O2.HI/c1-2-25-23(27-15-18-5-3-4-6-21(18)24)26-14-13-17-7-11-20(12-8-17)30-16-22(29)28-19-9-10-19;/h3-8,11-12,19H,2,9-10,13-16H2,1H3,(H,28,29)(H2,25,26,27);1H. The number of hydrogen-bond acceptors (Lipinski definition) is 3. The maximum absolute atomic E-state index is 13.7. The number of rotatable bonds is 10. The fourth-order valence-corrected chi connectivity index (χ4v) is 2.86. The molecule has 2 aromatic carbocycles. The lowest BCUT2D eigenvalue weighted by Gasteiger charge is -2.12. The quantitative estimate of drug-likeness (QED) is 0.246. The van der Waals surface area contributed by atoms with Crippen LogP contribution in [0.25, 0.3) is 0 Å². The highest BCUT2D eigenvalue weighted by Crippen LogP contribution is 2.18. The average molecular weight is 540 g/mol. The third kappa shape index (κ3) is 9.12. The first-order chi connectivity index (χ1) is 14.6. The smallest absolute Gasteiger partial charge is 0.258 e. The average Bonchev–Trinajstić information content (AvgIpc) is 3.56. The molecule has 0 heterocycles. The fraction of sp³-hybridized carbons (Fsp3) is 0.391. The largest absolute Gasteiger partial charge is 0.484 e. The molecule has 0 radical (unpaired) electrons. The number of amides is 1. The van der Waals surface area contributed by atoms with E-state index in [0.29, 0.717) is 29.9 Å². The summed E-state index contributed by atoms with van der Waals surface area (Å²) in [6.45, 7) is 3.73. The number of aliphatic imine (C=N–C) groups is 1. The summed E-state index contributed by atoms with van der Waals surface area (Å²) in [4.78, 5) is 16.1. The highest BCUT2D eigenvalue weighted by Gasteiger charge is 2.23. The second kappa shape index (κ2) is 13.1. The van der Waals surface area contributed by atoms with E-state index in [9.17, 15) is 9.18 Å². The number of carbonyl (C=O) groups is 1. The number of nitrogens with zero attached hydrogens (tertiary/aromatic N) is 1. The summed E-state index contributed by atoms with van der Waals surface area (Å²) in [5, 5.41) is 9.34. The first kappa shape index (κ1) is 24.9. The van der Waals surface area contributed by atoms with E-state index in [-0.39, 0.29) is 48.9 Å². The molecular weight excluding hydrogens is 510 g/mol. The molecule has 31 heavy (non-hydrogen) atoms. The number of ether oxygens (including phenoxy) is 1. The van der Waals surface area contributed by atoms with Crippen molar-refractivity contribution < 1.29 is 13.9 Å². The van der Waals surface area contributed by atoms with Gasteiger partial charge in [-0.1, -0.05) is 30.3 Å². The Morgan fingerprint density at radius 3 is 2.55 bits per heavy atom. The lowest BCUT2D eigenvalue weighted by atomic mass is 10.1. The minimum Gasteiger partial charge on any atom is -0.484 e. The summed E-state index contributed by atoms with van der Waals surface area (Å²) < 4.78 is 19.3. The van der Waals surface area contributed by atoms with Crippen molar-refractivity contribution in [2.24, 2.45) is 4.99 Å². The molecule has 0 atom stereocenters. The zero-order chi connectivity index (χ0) is 21.2. The van der Waals surface area contributed by atoms with E-state index >= 15 is 0 Å². The van der Waals surface area contributed by atoms with E-state index in [1.807, 2.05) is 31.2 Å². The van der Waals surface area contributed by atoms with Crippen molar-refractivity contribution >= 4 is 35.8 Å². The van der Waals surface area contributed by atoms with Crippen LogP contribution in [0.15, 0.2) is 53.5 Å². The summed E-state index contributed by atoms with van der Waals surface area (Å²) in [6, 6.07) is 14.7. The zero-order valence-electron chi connectivity index (χ0n) is 17.7. The maximum Gasteiger partial charge on any atom is 0.258 e. The first-order valence-electron chi connectivity index (χ1n) is 10.4. The molecule has 1 aliphatic carbocycles. The topological polar surface area (TPSA) is 74.8 Å². The number of hydrogen-bond donors (Lipinski definition) is 3. The molecule has 0 unspecified atom stereocenters. The normalized spacial score (nSPS) is 13.2. The van der Waals surface area contributed by atoms with Crippen LogP contribution in [-0.2, 0) is 17.8 Å². The molecule has 1 aliphatic rings. The van der Waals surface area contributed by atoms with E-state index in [0.717, 1.165) is 31.4 Å². The second-order valence-corrected chi connectivity index (χ2v) is 7.24. The van der Waals surface area contributed by atoms with E-state index in [1.165, 1.54) is 6.07 Å². The van der Waals surface area contributed by atoms with Crippen LogP contribution in [0.3, 0.4) is 0 Å². The lowest BCUT2D eigenvalue weighted by molar-refractivity contribution is -0.123. The molecule has 1 saturated carbocycles. The van der Waals surface area contributed by atoms with E-state index < -0.39 is 0 Å². The number of carbonyl (C=O) groups excluding carboxylic acids is 1. The van der Waals surface area contributed by atoms with Gasteiger partial charge in [0.25, 0.3) is 5.91 Å². The van der Waals surface area contributed by atoms with Gasteiger partial charge in [0.05, 0.1) is 6.54 Å². The number of benzene rings is 2. The van der Waals surface area contributed by atoms with Crippen LogP contribution in [0, 0.1) is 5.82 Å². The summed E-state index contributed by atoms with van der Waals surface area (Å²) in [6.07, 6.45) is 2.93. The molecule has 0 bridgehead atoms. The monoisotopic (exact) mass is 540 g/mol. The van der Waals surface area contributed by atoms with Crippen molar-refractivity contribution in [3.8, 4) is 5.75 Å². The summed E-state index contributed by atoms with van der Waals surface area (Å²) >= 11 is 0. The molecule has 2 aromatic rings. The molecule has 168 valence electrons. The second-order valence-electron chi connectivity index (χ2n) is 7.24. The Kier molecular flexibility index (Phi) is 10.6. The molecule has 6 nitrogen and oxygen atoms in total. The minimum atomic E-state index is -0.246. The Balaban J connectivity index is 0.00000341. The van der Waals surface area contributed by atoms with E-state index in [1.54, 1.807) is 18.2 Å². The summed E-state index contributed by atoms with van der Waals surface area (Å²) in [5.74, 6) is 1.01.